The molecular weight excluding hydrogens is 341 g/mol. The zero-order valence-electron chi connectivity index (χ0n) is 13.5. The van der Waals surface area contributed by atoms with Crippen molar-refractivity contribution >= 4 is 11.7 Å². The molecule has 1 aromatic heterocycles. The normalized spacial score (nSPS) is 12.5. The van der Waals surface area contributed by atoms with Crippen LogP contribution in [0.1, 0.15) is 11.7 Å². The highest BCUT2D eigenvalue weighted by Gasteiger charge is 2.31. The second kappa shape index (κ2) is 7.88. The fraction of sp³-hybridized carbons (Fsp3) is 0.333. The van der Waals surface area contributed by atoms with Crippen LogP contribution in [0, 0.1) is 0 Å². The number of carbonyl (C=O) groups is 1. The second-order valence-electron chi connectivity index (χ2n) is 5.06. The van der Waals surface area contributed by atoms with Gasteiger partial charge in [0.25, 0.3) is 0 Å². The molecule has 2 aromatic rings. The molecule has 25 heavy (non-hydrogen) atoms. The van der Waals surface area contributed by atoms with E-state index in [0.29, 0.717) is 5.69 Å². The molecule has 0 saturated heterocycles. The Bertz CT molecular complexity index is 718. The van der Waals surface area contributed by atoms with Crippen molar-refractivity contribution in [2.24, 2.45) is 7.05 Å². The van der Waals surface area contributed by atoms with E-state index in [1.807, 2.05) is 0 Å². The average Bonchev–Trinajstić information content (AvgIpc) is 2.91. The van der Waals surface area contributed by atoms with Gasteiger partial charge in [-0.3, -0.25) is 4.68 Å². The lowest BCUT2D eigenvalue weighted by molar-refractivity contribution is -0.274. The number of halogens is 3. The van der Waals surface area contributed by atoms with E-state index in [1.165, 1.54) is 19.2 Å². The van der Waals surface area contributed by atoms with Gasteiger partial charge in [0.15, 0.2) is 0 Å². The average molecular weight is 358 g/mol. The molecule has 2 amide bonds. The Kier molecular flexibility index (Phi) is 5.86. The second-order valence-corrected chi connectivity index (χ2v) is 5.06. The number of rotatable bonds is 6. The van der Waals surface area contributed by atoms with Gasteiger partial charge in [-0.15, -0.1) is 13.2 Å². The standard InChI is InChI=1S/C15H17F3N4O3/c1-22-13(6-7-19-22)12(9-24-2)21-14(23)20-10-4-3-5-11(8-10)25-15(16,17)18/h3-8,12H,9H2,1-2H3,(H2,20,21,23)/t12-/m1/s1. The van der Waals surface area contributed by atoms with Gasteiger partial charge in [0, 0.05) is 32.1 Å². The Morgan fingerprint density at radius 1 is 1.36 bits per heavy atom. The number of hydrogen-bond acceptors (Lipinski definition) is 4. The third kappa shape index (κ3) is 5.68. The van der Waals surface area contributed by atoms with E-state index in [4.69, 9.17) is 4.74 Å². The number of urea groups is 1. The predicted octanol–water partition coefficient (Wildman–Crippen LogP) is 2.83. The summed E-state index contributed by atoms with van der Waals surface area (Å²) in [6.45, 7) is 0.199. The Labute approximate surface area is 141 Å². The molecule has 0 bridgehead atoms. The zero-order valence-corrected chi connectivity index (χ0v) is 13.5. The minimum absolute atomic E-state index is 0.153. The lowest BCUT2D eigenvalue weighted by Crippen LogP contribution is -2.35. The number of carbonyl (C=O) groups excluding carboxylic acids is 1. The summed E-state index contributed by atoms with van der Waals surface area (Å²) in [6, 6.07) is 5.63. The SMILES string of the molecule is COC[C@@H](NC(=O)Nc1cccc(OC(F)(F)F)c1)c1ccnn1C. The highest BCUT2D eigenvalue weighted by atomic mass is 19.4. The molecule has 0 aliphatic rings. The first-order valence-corrected chi connectivity index (χ1v) is 7.18. The minimum Gasteiger partial charge on any atom is -0.406 e. The Morgan fingerprint density at radius 3 is 2.72 bits per heavy atom. The largest absolute Gasteiger partial charge is 0.573 e. The van der Waals surface area contributed by atoms with Crippen LogP contribution in [0.4, 0.5) is 23.7 Å². The summed E-state index contributed by atoms with van der Waals surface area (Å²) in [7, 11) is 3.20. The van der Waals surface area contributed by atoms with Gasteiger partial charge in [-0.05, 0) is 18.2 Å². The Morgan fingerprint density at radius 2 is 2.12 bits per heavy atom. The molecule has 2 N–H and O–H groups in total. The number of ether oxygens (including phenoxy) is 2. The van der Waals surface area contributed by atoms with E-state index in [9.17, 15) is 18.0 Å². The van der Waals surface area contributed by atoms with Crippen molar-refractivity contribution in [1.29, 1.82) is 0 Å². The van der Waals surface area contributed by atoms with Gasteiger partial charge in [-0.25, -0.2) is 4.79 Å². The summed E-state index contributed by atoms with van der Waals surface area (Å²) < 4.78 is 47.2. The lowest BCUT2D eigenvalue weighted by atomic mass is 10.2. The maximum atomic E-state index is 12.2. The van der Waals surface area contributed by atoms with Crippen LogP contribution in [-0.4, -0.2) is 35.9 Å². The van der Waals surface area contributed by atoms with Crippen LogP contribution < -0.4 is 15.4 Å². The van der Waals surface area contributed by atoms with Crippen LogP contribution in [0.15, 0.2) is 36.5 Å². The lowest BCUT2D eigenvalue weighted by Gasteiger charge is -2.19. The quantitative estimate of drug-likeness (QED) is 0.832. The van der Waals surface area contributed by atoms with Gasteiger partial charge in [0.1, 0.15) is 5.75 Å². The third-order valence-corrected chi connectivity index (χ3v) is 3.18. The van der Waals surface area contributed by atoms with Gasteiger partial charge in [0.05, 0.1) is 18.3 Å². The van der Waals surface area contributed by atoms with Crippen LogP contribution in [0.3, 0.4) is 0 Å². The molecule has 2 rings (SSSR count). The molecule has 0 fully saturated rings. The molecule has 0 aliphatic heterocycles. The smallest absolute Gasteiger partial charge is 0.406 e. The van der Waals surface area contributed by atoms with Crippen molar-refractivity contribution in [3.8, 4) is 5.75 Å². The molecule has 0 unspecified atom stereocenters. The molecular formula is C15H17F3N4O3. The first-order valence-electron chi connectivity index (χ1n) is 7.18. The van der Waals surface area contributed by atoms with Crippen molar-refractivity contribution in [1.82, 2.24) is 15.1 Å². The van der Waals surface area contributed by atoms with Crippen molar-refractivity contribution in [2.45, 2.75) is 12.4 Å². The number of benzene rings is 1. The molecule has 7 nitrogen and oxygen atoms in total. The van der Waals surface area contributed by atoms with Crippen molar-refractivity contribution in [3.63, 3.8) is 0 Å². The fourth-order valence-corrected chi connectivity index (χ4v) is 2.19. The summed E-state index contributed by atoms with van der Waals surface area (Å²) in [6.07, 6.45) is -3.22. The molecule has 0 aliphatic carbocycles. The molecule has 10 heteroatoms. The molecule has 136 valence electrons. The highest BCUT2D eigenvalue weighted by molar-refractivity contribution is 5.89. The third-order valence-electron chi connectivity index (χ3n) is 3.18. The van der Waals surface area contributed by atoms with Crippen molar-refractivity contribution in [2.75, 3.05) is 19.0 Å². The molecule has 0 saturated carbocycles. The summed E-state index contributed by atoms with van der Waals surface area (Å²) in [5.41, 5.74) is 0.867. The van der Waals surface area contributed by atoms with Crippen LogP contribution in [0.2, 0.25) is 0 Å². The number of hydrogen-bond donors (Lipinski definition) is 2. The zero-order chi connectivity index (χ0) is 18.4. The maximum Gasteiger partial charge on any atom is 0.573 e. The topological polar surface area (TPSA) is 77.4 Å². The minimum atomic E-state index is -4.80. The summed E-state index contributed by atoms with van der Waals surface area (Å²) in [5.74, 6) is -0.426. The fourth-order valence-electron chi connectivity index (χ4n) is 2.19. The van der Waals surface area contributed by atoms with E-state index in [-0.39, 0.29) is 12.3 Å². The van der Waals surface area contributed by atoms with E-state index >= 15 is 0 Å². The first kappa shape index (κ1) is 18.6. The van der Waals surface area contributed by atoms with Crippen LogP contribution in [0.25, 0.3) is 0 Å². The maximum absolute atomic E-state index is 12.2. The number of nitrogens with zero attached hydrogens (tertiary/aromatic N) is 2. The van der Waals surface area contributed by atoms with Crippen molar-refractivity contribution < 1.29 is 27.4 Å². The van der Waals surface area contributed by atoms with Crippen LogP contribution in [0.5, 0.6) is 5.75 Å². The van der Waals surface area contributed by atoms with E-state index < -0.39 is 24.2 Å². The Hall–Kier alpha value is -2.75. The molecule has 1 atom stereocenters. The van der Waals surface area contributed by atoms with Gasteiger partial charge in [-0.2, -0.15) is 5.10 Å². The molecule has 1 heterocycles. The van der Waals surface area contributed by atoms with Crippen LogP contribution >= 0.6 is 0 Å². The van der Waals surface area contributed by atoms with E-state index in [0.717, 1.165) is 12.1 Å². The van der Waals surface area contributed by atoms with Crippen LogP contribution in [-0.2, 0) is 11.8 Å². The number of aryl methyl sites for hydroxylation is 1. The predicted molar refractivity (Wildman–Crippen MR) is 83.1 cm³/mol. The molecule has 0 radical (unpaired) electrons. The van der Waals surface area contributed by atoms with Gasteiger partial charge >= 0.3 is 12.4 Å². The van der Waals surface area contributed by atoms with Gasteiger partial charge in [0.2, 0.25) is 0 Å². The number of amides is 2. The first-order chi connectivity index (χ1) is 11.8. The van der Waals surface area contributed by atoms with E-state index in [1.54, 1.807) is 24.0 Å². The summed E-state index contributed by atoms with van der Waals surface area (Å²) in [4.78, 5) is 12.1. The number of anilines is 1. The number of methoxy groups -OCH3 is 1. The highest BCUT2D eigenvalue weighted by Crippen LogP contribution is 2.25. The summed E-state index contributed by atoms with van der Waals surface area (Å²) >= 11 is 0. The van der Waals surface area contributed by atoms with Gasteiger partial charge < -0.3 is 20.1 Å². The molecule has 1 aromatic carbocycles. The van der Waals surface area contributed by atoms with Crippen molar-refractivity contribution in [3.05, 3.63) is 42.2 Å². The number of aromatic nitrogens is 2. The molecule has 0 spiro atoms. The van der Waals surface area contributed by atoms with E-state index in [2.05, 4.69) is 20.5 Å². The van der Waals surface area contributed by atoms with Gasteiger partial charge in [-0.1, -0.05) is 6.07 Å². The summed E-state index contributed by atoms with van der Waals surface area (Å²) in [5, 5.41) is 9.16. The number of nitrogens with one attached hydrogen (secondary N) is 2. The monoisotopic (exact) mass is 358 g/mol. The number of alkyl halides is 3. The Balaban J connectivity index is 2.03.